The molecule has 0 spiro atoms. The van der Waals surface area contributed by atoms with Gasteiger partial charge in [-0.15, -0.1) is 0 Å². The molecule has 0 radical (unpaired) electrons. The third-order valence-electron chi connectivity index (χ3n) is 5.24. The number of nitrogens with two attached hydrogens (primary N) is 1. The van der Waals surface area contributed by atoms with E-state index in [0.29, 0.717) is 5.82 Å². The largest absolute Gasteiger partial charge is 0.457 e. The van der Waals surface area contributed by atoms with Gasteiger partial charge in [-0.25, -0.2) is 23.2 Å². The van der Waals surface area contributed by atoms with Crippen LogP contribution in [0.3, 0.4) is 0 Å². The van der Waals surface area contributed by atoms with Gasteiger partial charge >= 0.3 is 6.03 Å². The zero-order valence-corrected chi connectivity index (χ0v) is 20.3. The average Bonchev–Trinajstić information content (AvgIpc) is 3.21. The van der Waals surface area contributed by atoms with Gasteiger partial charge in [-0.05, 0) is 25.1 Å². The van der Waals surface area contributed by atoms with Gasteiger partial charge in [0.1, 0.15) is 28.8 Å². The average molecular weight is 493 g/mol. The van der Waals surface area contributed by atoms with Crippen molar-refractivity contribution < 1.29 is 18.3 Å². The summed E-state index contributed by atoms with van der Waals surface area (Å²) in [5.41, 5.74) is 7.20. The summed E-state index contributed by atoms with van der Waals surface area (Å²) in [5.74, 6) is -1.32. The Morgan fingerprint density at radius 2 is 1.64 bits per heavy atom. The molecule has 0 bridgehead atoms. The lowest BCUT2D eigenvalue weighted by Gasteiger charge is -2.14. The first-order valence-electron chi connectivity index (χ1n) is 11.1. The summed E-state index contributed by atoms with van der Waals surface area (Å²) < 4.78 is 36.5. The number of aromatic nitrogens is 3. The van der Waals surface area contributed by atoms with Crippen molar-refractivity contribution in [3.8, 4) is 17.2 Å². The normalized spacial score (nSPS) is 11.3. The quantitative estimate of drug-likeness (QED) is 0.309. The van der Waals surface area contributed by atoms with Crippen LogP contribution in [-0.2, 0) is 5.41 Å². The molecule has 4 aromatic rings. The first-order chi connectivity index (χ1) is 17.0. The monoisotopic (exact) mass is 492 g/mol. The van der Waals surface area contributed by atoms with Crippen LogP contribution in [0.1, 0.15) is 32.0 Å². The second-order valence-electron chi connectivity index (χ2n) is 9.27. The number of amides is 2. The van der Waals surface area contributed by atoms with Crippen molar-refractivity contribution in [1.29, 1.82) is 0 Å². The van der Waals surface area contributed by atoms with Gasteiger partial charge in [0.05, 0.1) is 11.4 Å². The van der Waals surface area contributed by atoms with Crippen LogP contribution in [0.25, 0.3) is 5.69 Å². The molecule has 0 atom stereocenters. The smallest absolute Gasteiger partial charge is 0.325 e. The van der Waals surface area contributed by atoms with E-state index >= 15 is 0 Å². The third-order valence-corrected chi connectivity index (χ3v) is 5.24. The fourth-order valence-corrected chi connectivity index (χ4v) is 3.34. The summed E-state index contributed by atoms with van der Waals surface area (Å²) in [7, 11) is 0. The van der Waals surface area contributed by atoms with Crippen LogP contribution in [0.2, 0.25) is 0 Å². The van der Waals surface area contributed by atoms with E-state index in [9.17, 15) is 13.6 Å². The highest BCUT2D eigenvalue weighted by Gasteiger charge is 2.22. The fraction of sp³-hybridized carbons (Fsp3) is 0.192. The Morgan fingerprint density at radius 3 is 2.25 bits per heavy atom. The zero-order valence-electron chi connectivity index (χ0n) is 20.3. The van der Waals surface area contributed by atoms with Crippen molar-refractivity contribution in [2.24, 2.45) is 0 Å². The van der Waals surface area contributed by atoms with Crippen LogP contribution in [0.4, 0.5) is 30.9 Å². The molecule has 4 rings (SSSR count). The molecule has 2 aromatic carbocycles. The van der Waals surface area contributed by atoms with Crippen molar-refractivity contribution in [3.63, 3.8) is 0 Å². The van der Waals surface area contributed by atoms with Crippen molar-refractivity contribution in [2.45, 2.75) is 33.1 Å². The molecular weight excluding hydrogens is 466 g/mol. The Morgan fingerprint density at radius 1 is 0.972 bits per heavy atom. The van der Waals surface area contributed by atoms with Crippen molar-refractivity contribution in [2.75, 3.05) is 16.4 Å². The molecule has 0 fully saturated rings. The van der Waals surface area contributed by atoms with Crippen LogP contribution in [0.5, 0.6) is 11.5 Å². The Balaban J connectivity index is 1.56. The number of ether oxygens (including phenoxy) is 1. The van der Waals surface area contributed by atoms with Crippen LogP contribution >= 0.6 is 0 Å². The molecule has 4 N–H and O–H groups in total. The van der Waals surface area contributed by atoms with Crippen molar-refractivity contribution in [3.05, 3.63) is 83.7 Å². The van der Waals surface area contributed by atoms with Crippen LogP contribution in [0, 0.1) is 18.6 Å². The minimum atomic E-state index is -1.01. The van der Waals surface area contributed by atoms with Crippen molar-refractivity contribution >= 4 is 23.4 Å². The molecule has 0 saturated heterocycles. The molecule has 0 aliphatic rings. The number of rotatable bonds is 5. The molecule has 10 heteroatoms. The van der Waals surface area contributed by atoms with Gasteiger partial charge in [0.15, 0.2) is 11.6 Å². The summed E-state index contributed by atoms with van der Waals surface area (Å²) in [6, 6.07) is 13.3. The number of carbonyl (C=O) groups excluding carboxylic acids is 1. The zero-order chi connectivity index (χ0) is 26.0. The van der Waals surface area contributed by atoms with Gasteiger partial charge < -0.3 is 15.8 Å². The molecule has 2 heterocycles. The Hall–Kier alpha value is -4.47. The predicted molar refractivity (Wildman–Crippen MR) is 135 cm³/mol. The van der Waals surface area contributed by atoms with E-state index in [1.54, 1.807) is 10.7 Å². The maximum atomic E-state index is 14.7. The third kappa shape index (κ3) is 5.60. The highest BCUT2D eigenvalue weighted by molar-refractivity contribution is 5.99. The van der Waals surface area contributed by atoms with Crippen LogP contribution in [-0.4, -0.2) is 20.8 Å². The van der Waals surface area contributed by atoms with Gasteiger partial charge in [-0.3, -0.25) is 5.32 Å². The van der Waals surface area contributed by atoms with E-state index in [-0.39, 0.29) is 22.7 Å². The lowest BCUT2D eigenvalue weighted by atomic mass is 9.92. The van der Waals surface area contributed by atoms with Crippen LogP contribution < -0.4 is 21.1 Å². The lowest BCUT2D eigenvalue weighted by Crippen LogP contribution is -2.22. The molecule has 0 unspecified atom stereocenters. The molecule has 36 heavy (non-hydrogen) atoms. The van der Waals surface area contributed by atoms with Crippen molar-refractivity contribution in [1.82, 2.24) is 14.8 Å². The summed E-state index contributed by atoms with van der Waals surface area (Å²) in [6.45, 7) is 7.94. The maximum absolute atomic E-state index is 14.7. The Bertz CT molecular complexity index is 1390. The SMILES string of the molecule is Cc1ccc(-n2nc(C(C)(C)C)cc2NC(=O)Nc2c(F)cc(Oc3ccnc(N)c3)cc2F)cc1. The molecule has 2 amide bonds. The number of hydrogen-bond donors (Lipinski definition) is 3. The van der Waals surface area contributed by atoms with Crippen LogP contribution in [0.15, 0.2) is 60.8 Å². The number of anilines is 3. The molecule has 8 nitrogen and oxygen atoms in total. The molecular formula is C26H26F2N6O2. The minimum Gasteiger partial charge on any atom is -0.457 e. The number of nitrogens with one attached hydrogen (secondary N) is 2. The first-order valence-corrected chi connectivity index (χ1v) is 11.1. The number of aryl methyl sites for hydroxylation is 1. The minimum absolute atomic E-state index is 0.103. The summed E-state index contributed by atoms with van der Waals surface area (Å²) >= 11 is 0. The number of halogens is 2. The number of nitrogens with zero attached hydrogens (tertiary/aromatic N) is 3. The number of nitrogen functional groups attached to an aromatic ring is 1. The van der Waals surface area contributed by atoms with E-state index in [0.717, 1.165) is 29.1 Å². The fourth-order valence-electron chi connectivity index (χ4n) is 3.34. The van der Waals surface area contributed by atoms with E-state index < -0.39 is 23.4 Å². The number of carbonyl (C=O) groups is 1. The molecule has 2 aromatic heterocycles. The van der Waals surface area contributed by atoms with E-state index in [1.807, 2.05) is 52.0 Å². The van der Waals surface area contributed by atoms with E-state index in [1.165, 1.54) is 18.3 Å². The Kier molecular flexibility index (Phi) is 6.61. The standard InChI is InChI=1S/C26H26F2N6O2/c1-15-5-7-16(8-6-15)34-23(14-21(33-34)26(2,3)4)31-25(35)32-24-19(27)11-18(12-20(24)28)36-17-9-10-30-22(29)13-17/h5-14H,1-4H3,(H2,29,30)(H2,31,32,35). The summed E-state index contributed by atoms with van der Waals surface area (Å²) in [4.78, 5) is 16.6. The molecule has 0 aliphatic heterocycles. The van der Waals surface area contributed by atoms with Gasteiger partial charge in [-0.2, -0.15) is 5.10 Å². The summed E-state index contributed by atoms with van der Waals surface area (Å²) in [5, 5.41) is 9.51. The van der Waals surface area contributed by atoms with Gasteiger partial charge in [0.25, 0.3) is 0 Å². The van der Waals surface area contributed by atoms with Gasteiger partial charge in [-0.1, -0.05) is 38.5 Å². The molecule has 186 valence electrons. The number of hydrogen-bond acceptors (Lipinski definition) is 5. The Labute approximate surface area is 207 Å². The van der Waals surface area contributed by atoms with Gasteiger partial charge in [0.2, 0.25) is 0 Å². The number of benzene rings is 2. The van der Waals surface area contributed by atoms with Gasteiger partial charge in [0, 0.05) is 35.9 Å². The maximum Gasteiger partial charge on any atom is 0.325 e. The topological polar surface area (TPSA) is 107 Å². The second-order valence-corrected chi connectivity index (χ2v) is 9.27. The van der Waals surface area contributed by atoms with E-state index in [2.05, 4.69) is 20.7 Å². The predicted octanol–water partition coefficient (Wildman–Crippen LogP) is 6.17. The second kappa shape index (κ2) is 9.65. The highest BCUT2D eigenvalue weighted by Crippen LogP contribution is 2.30. The number of urea groups is 1. The lowest BCUT2D eigenvalue weighted by molar-refractivity contribution is 0.261. The molecule has 0 aliphatic carbocycles. The number of pyridine rings is 1. The van der Waals surface area contributed by atoms with E-state index in [4.69, 9.17) is 10.5 Å². The highest BCUT2D eigenvalue weighted by atomic mass is 19.1. The first kappa shape index (κ1) is 24.6. The molecule has 0 saturated carbocycles. The summed E-state index contributed by atoms with van der Waals surface area (Å²) in [6.07, 6.45) is 1.41.